The van der Waals surface area contributed by atoms with Crippen LogP contribution < -0.4 is 5.73 Å². The van der Waals surface area contributed by atoms with Crippen molar-refractivity contribution in [2.75, 3.05) is 12.4 Å². The zero-order chi connectivity index (χ0) is 14.4. The van der Waals surface area contributed by atoms with Crippen LogP contribution in [0.4, 0.5) is 0 Å². The molecule has 0 amide bonds. The highest BCUT2D eigenvalue weighted by Crippen LogP contribution is 2.30. The minimum atomic E-state index is -0.671. The van der Waals surface area contributed by atoms with Crippen molar-refractivity contribution in [3.05, 3.63) is 64.6 Å². The predicted molar refractivity (Wildman–Crippen MR) is 88.9 cm³/mol. The number of rotatable bonds is 6. The fourth-order valence-corrected chi connectivity index (χ4v) is 3.68. The molecule has 0 saturated carbocycles. The second kappa shape index (κ2) is 7.27. The summed E-state index contributed by atoms with van der Waals surface area (Å²) in [4.78, 5) is 1.20. The zero-order valence-electron chi connectivity index (χ0n) is 11.1. The van der Waals surface area contributed by atoms with Crippen LogP contribution in [-0.4, -0.2) is 17.5 Å². The number of benzene rings is 2. The second-order valence-electron chi connectivity index (χ2n) is 4.71. The van der Waals surface area contributed by atoms with Gasteiger partial charge < -0.3 is 10.8 Å². The molecule has 2 aromatic carbocycles. The number of nitrogens with two attached hydrogens (primary N) is 1. The topological polar surface area (TPSA) is 46.2 Å². The molecular weight excluding hydrogens is 334 g/mol. The van der Waals surface area contributed by atoms with Gasteiger partial charge in [-0.1, -0.05) is 42.5 Å². The van der Waals surface area contributed by atoms with Gasteiger partial charge >= 0.3 is 0 Å². The smallest absolute Gasteiger partial charge is 0.0653 e. The number of thioether (sulfide) groups is 1. The first kappa shape index (κ1) is 15.6. The van der Waals surface area contributed by atoms with Crippen molar-refractivity contribution in [2.45, 2.75) is 16.9 Å². The molecule has 0 spiro atoms. The summed E-state index contributed by atoms with van der Waals surface area (Å²) >= 11 is 5.28. The van der Waals surface area contributed by atoms with Crippen LogP contribution in [0.5, 0.6) is 0 Å². The largest absolute Gasteiger partial charge is 0.394 e. The van der Waals surface area contributed by atoms with E-state index in [1.54, 1.807) is 11.8 Å². The molecule has 0 heterocycles. The molecule has 1 unspecified atom stereocenters. The normalized spacial score (nSPS) is 13.9. The van der Waals surface area contributed by atoms with Gasteiger partial charge in [-0.15, -0.1) is 11.8 Å². The lowest BCUT2D eigenvalue weighted by Gasteiger charge is -2.27. The molecule has 1 atom stereocenters. The summed E-state index contributed by atoms with van der Waals surface area (Å²) in [7, 11) is 0. The molecule has 4 heteroatoms. The molecular formula is C16H18BrNOS. The van der Waals surface area contributed by atoms with E-state index in [1.165, 1.54) is 4.90 Å². The van der Waals surface area contributed by atoms with E-state index in [9.17, 15) is 5.11 Å². The Kier molecular flexibility index (Phi) is 5.66. The average molecular weight is 352 g/mol. The molecule has 0 aliphatic heterocycles. The van der Waals surface area contributed by atoms with Crippen molar-refractivity contribution < 1.29 is 5.11 Å². The zero-order valence-corrected chi connectivity index (χ0v) is 13.5. The Bertz CT molecular complexity index is 549. The van der Waals surface area contributed by atoms with Crippen molar-refractivity contribution in [1.29, 1.82) is 0 Å². The summed E-state index contributed by atoms with van der Waals surface area (Å²) in [5.41, 5.74) is 6.66. The van der Waals surface area contributed by atoms with Gasteiger partial charge in [0.25, 0.3) is 0 Å². The number of aliphatic hydroxyl groups excluding tert-OH is 1. The van der Waals surface area contributed by atoms with Crippen LogP contribution in [0.15, 0.2) is 64.0 Å². The minimum Gasteiger partial charge on any atom is -0.394 e. The molecule has 0 aliphatic rings. The van der Waals surface area contributed by atoms with Crippen LogP contribution in [0.25, 0.3) is 0 Å². The van der Waals surface area contributed by atoms with Crippen molar-refractivity contribution >= 4 is 27.7 Å². The van der Waals surface area contributed by atoms with Gasteiger partial charge in [-0.3, -0.25) is 0 Å². The standard InChI is InChI=1S/C16H18BrNOS/c17-14-8-4-5-9-15(14)20-11-10-16(18,12-19)13-6-2-1-3-7-13/h1-9,19H,10-12,18H2. The highest BCUT2D eigenvalue weighted by molar-refractivity contribution is 9.10. The monoisotopic (exact) mass is 351 g/mol. The molecule has 0 bridgehead atoms. The molecule has 0 saturated heterocycles. The van der Waals surface area contributed by atoms with Crippen LogP contribution in [0.1, 0.15) is 12.0 Å². The van der Waals surface area contributed by atoms with Gasteiger partial charge in [-0.05, 0) is 40.0 Å². The highest BCUT2D eigenvalue weighted by atomic mass is 79.9. The number of aliphatic hydroxyl groups is 1. The van der Waals surface area contributed by atoms with Crippen LogP contribution in [0, 0.1) is 0 Å². The van der Waals surface area contributed by atoms with Crippen molar-refractivity contribution in [1.82, 2.24) is 0 Å². The van der Waals surface area contributed by atoms with Gasteiger partial charge in [0.1, 0.15) is 0 Å². The Morgan fingerprint density at radius 3 is 2.35 bits per heavy atom. The molecule has 0 fully saturated rings. The molecule has 3 N–H and O–H groups in total. The maximum atomic E-state index is 9.65. The first-order chi connectivity index (χ1) is 9.65. The number of halogens is 1. The Balaban J connectivity index is 2.00. The number of hydrogen-bond donors (Lipinski definition) is 2. The van der Waals surface area contributed by atoms with E-state index in [4.69, 9.17) is 5.73 Å². The van der Waals surface area contributed by atoms with Crippen molar-refractivity contribution in [3.63, 3.8) is 0 Å². The fourth-order valence-electron chi connectivity index (χ4n) is 1.99. The number of hydrogen-bond acceptors (Lipinski definition) is 3. The SMILES string of the molecule is NC(CO)(CCSc1ccccc1Br)c1ccccc1. The third kappa shape index (κ3) is 3.85. The Labute approximate surface area is 132 Å². The molecule has 0 radical (unpaired) electrons. The van der Waals surface area contributed by atoms with E-state index in [1.807, 2.05) is 48.5 Å². The van der Waals surface area contributed by atoms with E-state index in [0.717, 1.165) is 22.2 Å². The highest BCUT2D eigenvalue weighted by Gasteiger charge is 2.25. The lowest BCUT2D eigenvalue weighted by atomic mass is 9.89. The Morgan fingerprint density at radius 1 is 1.05 bits per heavy atom. The summed E-state index contributed by atoms with van der Waals surface area (Å²) in [5.74, 6) is 0.856. The van der Waals surface area contributed by atoms with Gasteiger partial charge in [0.05, 0.1) is 12.1 Å². The van der Waals surface area contributed by atoms with Gasteiger partial charge in [0.15, 0.2) is 0 Å². The first-order valence-electron chi connectivity index (χ1n) is 6.48. The van der Waals surface area contributed by atoms with Gasteiger partial charge in [-0.25, -0.2) is 0 Å². The molecule has 2 rings (SSSR count). The minimum absolute atomic E-state index is 0.0481. The Hall–Kier alpha value is -0.810. The third-order valence-corrected chi connectivity index (χ3v) is 5.30. The van der Waals surface area contributed by atoms with Crippen LogP contribution in [0.2, 0.25) is 0 Å². The molecule has 0 aliphatic carbocycles. The van der Waals surface area contributed by atoms with E-state index in [2.05, 4.69) is 22.0 Å². The summed E-state index contributed by atoms with van der Waals surface area (Å²) in [6, 6.07) is 17.9. The lowest BCUT2D eigenvalue weighted by Crippen LogP contribution is -2.41. The molecule has 2 aromatic rings. The van der Waals surface area contributed by atoms with E-state index in [0.29, 0.717) is 0 Å². The molecule has 106 valence electrons. The van der Waals surface area contributed by atoms with E-state index in [-0.39, 0.29) is 6.61 Å². The molecule has 0 aromatic heterocycles. The lowest BCUT2D eigenvalue weighted by molar-refractivity contribution is 0.193. The summed E-state index contributed by atoms with van der Waals surface area (Å²) in [5, 5.41) is 9.65. The van der Waals surface area contributed by atoms with Gasteiger partial charge in [-0.2, -0.15) is 0 Å². The molecule has 2 nitrogen and oxygen atoms in total. The van der Waals surface area contributed by atoms with Gasteiger partial charge in [0.2, 0.25) is 0 Å². The van der Waals surface area contributed by atoms with Crippen LogP contribution in [0.3, 0.4) is 0 Å². The first-order valence-corrected chi connectivity index (χ1v) is 8.26. The quantitative estimate of drug-likeness (QED) is 0.778. The maximum Gasteiger partial charge on any atom is 0.0653 e. The maximum absolute atomic E-state index is 9.65. The van der Waals surface area contributed by atoms with Crippen molar-refractivity contribution in [2.24, 2.45) is 5.73 Å². The third-order valence-electron chi connectivity index (χ3n) is 3.27. The van der Waals surface area contributed by atoms with E-state index < -0.39 is 5.54 Å². The summed E-state index contributed by atoms with van der Waals surface area (Å²) in [6.45, 7) is -0.0481. The predicted octanol–water partition coefficient (Wildman–Crippen LogP) is 3.78. The summed E-state index contributed by atoms with van der Waals surface area (Å²) < 4.78 is 1.09. The van der Waals surface area contributed by atoms with Gasteiger partial charge in [0, 0.05) is 15.1 Å². The second-order valence-corrected chi connectivity index (χ2v) is 6.70. The van der Waals surface area contributed by atoms with E-state index >= 15 is 0 Å². The fraction of sp³-hybridized carbons (Fsp3) is 0.250. The van der Waals surface area contributed by atoms with Crippen LogP contribution in [-0.2, 0) is 5.54 Å². The van der Waals surface area contributed by atoms with Crippen molar-refractivity contribution in [3.8, 4) is 0 Å². The Morgan fingerprint density at radius 2 is 1.70 bits per heavy atom. The average Bonchev–Trinajstić information content (AvgIpc) is 2.50. The van der Waals surface area contributed by atoms with Crippen LogP contribution >= 0.6 is 27.7 Å². The molecule has 20 heavy (non-hydrogen) atoms. The summed E-state index contributed by atoms with van der Waals surface area (Å²) in [6.07, 6.45) is 0.722.